The van der Waals surface area contributed by atoms with E-state index in [4.69, 9.17) is 4.74 Å². The lowest BCUT2D eigenvalue weighted by atomic mass is 9.94. The van der Waals surface area contributed by atoms with Gasteiger partial charge >= 0.3 is 0 Å². The highest BCUT2D eigenvalue weighted by molar-refractivity contribution is 7.99. The first-order chi connectivity index (χ1) is 11.7. The molecule has 2 aliphatic heterocycles. The van der Waals surface area contributed by atoms with Crippen molar-refractivity contribution in [3.05, 3.63) is 41.7 Å². The Morgan fingerprint density at radius 3 is 3.12 bits per heavy atom. The Kier molecular flexibility index (Phi) is 4.22. The smallest absolute Gasteiger partial charge is 0.264 e. The molecule has 1 aromatic carbocycles. The van der Waals surface area contributed by atoms with Crippen LogP contribution in [-0.2, 0) is 4.79 Å². The summed E-state index contributed by atoms with van der Waals surface area (Å²) in [5.41, 5.74) is 2.13. The summed E-state index contributed by atoms with van der Waals surface area (Å²) in [6, 6.07) is 10.0. The van der Waals surface area contributed by atoms with E-state index < -0.39 is 0 Å². The first-order valence-electron chi connectivity index (χ1n) is 8.40. The number of H-pyrrole nitrogens is 1. The number of carbonyl (C=O) groups excluding carboxylic acids is 1. The van der Waals surface area contributed by atoms with E-state index in [2.05, 4.69) is 16.3 Å². The number of ether oxygens (including phenoxy) is 1. The third-order valence-corrected chi connectivity index (χ3v) is 5.78. The number of nitrogens with one attached hydrogen (secondary N) is 1. The number of piperidine rings is 1. The molecule has 4 rings (SSSR count). The van der Waals surface area contributed by atoms with Gasteiger partial charge in [0.1, 0.15) is 5.75 Å². The van der Waals surface area contributed by atoms with Crippen LogP contribution in [0.4, 0.5) is 0 Å². The second-order valence-electron chi connectivity index (χ2n) is 6.46. The predicted molar refractivity (Wildman–Crippen MR) is 93.5 cm³/mol. The molecule has 6 heteroatoms. The summed E-state index contributed by atoms with van der Waals surface area (Å²) in [4.78, 5) is 16.0. The average molecular weight is 343 g/mol. The number of thioether (sulfide) groups is 1. The van der Waals surface area contributed by atoms with Crippen molar-refractivity contribution in [2.45, 2.75) is 36.7 Å². The Morgan fingerprint density at radius 1 is 1.42 bits per heavy atom. The standard InChI is InChI=1S/C18H21N3O2S/c1-12-9-14(20-19-12)13-5-4-8-21(10-13)18(22)16-11-24-17-7-3-2-6-15(17)23-16/h2-3,6-7,9,13,16H,4-5,8,10-11H2,1H3,(H,19,20)/t13-,16-/m1/s1. The van der Waals surface area contributed by atoms with E-state index in [1.165, 1.54) is 0 Å². The van der Waals surface area contributed by atoms with Gasteiger partial charge in [-0.15, -0.1) is 11.8 Å². The molecule has 1 amide bonds. The summed E-state index contributed by atoms with van der Waals surface area (Å²) in [5, 5.41) is 7.38. The number of aromatic amines is 1. The fourth-order valence-electron chi connectivity index (χ4n) is 3.41. The van der Waals surface area contributed by atoms with E-state index in [9.17, 15) is 4.79 Å². The Bertz CT molecular complexity index is 745. The van der Waals surface area contributed by atoms with Gasteiger partial charge in [0, 0.05) is 35.3 Å². The van der Waals surface area contributed by atoms with Crippen LogP contribution in [0.25, 0.3) is 0 Å². The van der Waals surface area contributed by atoms with E-state index in [0.29, 0.717) is 11.7 Å². The second-order valence-corrected chi connectivity index (χ2v) is 7.53. The SMILES string of the molecule is Cc1cc([C@@H]2CCCN(C(=O)[C@H]3CSc4ccccc4O3)C2)n[nH]1. The van der Waals surface area contributed by atoms with Crippen LogP contribution < -0.4 is 4.74 Å². The molecule has 2 atom stereocenters. The number of benzene rings is 1. The highest BCUT2D eigenvalue weighted by Crippen LogP contribution is 2.36. The van der Waals surface area contributed by atoms with Gasteiger partial charge in [0.25, 0.3) is 5.91 Å². The summed E-state index contributed by atoms with van der Waals surface area (Å²) in [5.74, 6) is 1.92. The number of para-hydroxylation sites is 1. The third-order valence-electron chi connectivity index (χ3n) is 4.66. The number of fused-ring (bicyclic) bond motifs is 1. The van der Waals surface area contributed by atoms with Crippen LogP contribution in [0.3, 0.4) is 0 Å². The summed E-state index contributed by atoms with van der Waals surface area (Å²) in [7, 11) is 0. The van der Waals surface area contributed by atoms with Crippen molar-refractivity contribution in [1.82, 2.24) is 15.1 Å². The molecule has 1 aromatic heterocycles. The zero-order valence-corrected chi connectivity index (χ0v) is 14.5. The molecular formula is C18H21N3O2S. The van der Waals surface area contributed by atoms with Gasteiger partial charge in [0.2, 0.25) is 0 Å². The molecule has 126 valence electrons. The number of rotatable bonds is 2. The lowest BCUT2D eigenvalue weighted by Gasteiger charge is -2.35. The van der Waals surface area contributed by atoms with Crippen molar-refractivity contribution in [3.8, 4) is 5.75 Å². The maximum absolute atomic E-state index is 12.9. The molecule has 24 heavy (non-hydrogen) atoms. The molecule has 2 aromatic rings. The zero-order valence-electron chi connectivity index (χ0n) is 13.7. The lowest BCUT2D eigenvalue weighted by molar-refractivity contribution is -0.139. The van der Waals surface area contributed by atoms with E-state index in [1.54, 1.807) is 11.8 Å². The fraction of sp³-hybridized carbons (Fsp3) is 0.444. The van der Waals surface area contributed by atoms with E-state index in [-0.39, 0.29) is 12.0 Å². The minimum atomic E-state index is -0.385. The van der Waals surface area contributed by atoms with Crippen LogP contribution in [0, 0.1) is 6.92 Å². The quantitative estimate of drug-likeness (QED) is 0.911. The van der Waals surface area contributed by atoms with Crippen molar-refractivity contribution in [1.29, 1.82) is 0 Å². The predicted octanol–water partition coefficient (Wildman–Crippen LogP) is 2.98. The molecular weight excluding hydrogens is 322 g/mol. The van der Waals surface area contributed by atoms with Gasteiger partial charge in [-0.05, 0) is 38.0 Å². The molecule has 1 saturated heterocycles. The van der Waals surface area contributed by atoms with Gasteiger partial charge in [-0.25, -0.2) is 0 Å². The van der Waals surface area contributed by atoms with Crippen molar-refractivity contribution in [2.24, 2.45) is 0 Å². The Morgan fingerprint density at radius 2 is 2.29 bits per heavy atom. The van der Waals surface area contributed by atoms with Crippen LogP contribution in [-0.4, -0.2) is 46.0 Å². The lowest BCUT2D eigenvalue weighted by Crippen LogP contribution is -2.48. The first-order valence-corrected chi connectivity index (χ1v) is 9.38. The van der Waals surface area contributed by atoms with Gasteiger partial charge in [-0.1, -0.05) is 12.1 Å². The Balaban J connectivity index is 1.45. The molecule has 0 spiro atoms. The molecule has 2 aliphatic rings. The van der Waals surface area contributed by atoms with Crippen LogP contribution >= 0.6 is 11.8 Å². The fourth-order valence-corrected chi connectivity index (χ4v) is 4.39. The molecule has 0 bridgehead atoms. The highest BCUT2D eigenvalue weighted by atomic mass is 32.2. The van der Waals surface area contributed by atoms with Crippen molar-refractivity contribution >= 4 is 17.7 Å². The van der Waals surface area contributed by atoms with Crippen LogP contribution in [0.5, 0.6) is 5.75 Å². The van der Waals surface area contributed by atoms with Crippen molar-refractivity contribution in [3.63, 3.8) is 0 Å². The Hall–Kier alpha value is -1.95. The average Bonchev–Trinajstić information content (AvgIpc) is 3.07. The summed E-state index contributed by atoms with van der Waals surface area (Å²) in [6.45, 7) is 3.55. The topological polar surface area (TPSA) is 58.2 Å². The molecule has 1 N–H and O–H groups in total. The monoisotopic (exact) mass is 343 g/mol. The maximum atomic E-state index is 12.9. The molecule has 1 fully saturated rings. The number of likely N-dealkylation sites (tertiary alicyclic amines) is 1. The minimum Gasteiger partial charge on any atom is -0.479 e. The molecule has 0 aliphatic carbocycles. The van der Waals surface area contributed by atoms with E-state index in [0.717, 1.165) is 48.0 Å². The molecule has 5 nitrogen and oxygen atoms in total. The number of aryl methyl sites for hydroxylation is 1. The van der Waals surface area contributed by atoms with Gasteiger partial charge in [0.05, 0.1) is 5.69 Å². The van der Waals surface area contributed by atoms with Gasteiger partial charge < -0.3 is 9.64 Å². The summed E-state index contributed by atoms with van der Waals surface area (Å²) >= 11 is 1.70. The highest BCUT2D eigenvalue weighted by Gasteiger charge is 2.33. The van der Waals surface area contributed by atoms with Gasteiger partial charge in [-0.3, -0.25) is 9.89 Å². The number of aromatic nitrogens is 2. The summed E-state index contributed by atoms with van der Waals surface area (Å²) in [6.07, 6.45) is 1.71. The summed E-state index contributed by atoms with van der Waals surface area (Å²) < 4.78 is 5.96. The third kappa shape index (κ3) is 3.02. The van der Waals surface area contributed by atoms with E-state index in [1.807, 2.05) is 36.1 Å². The van der Waals surface area contributed by atoms with Gasteiger partial charge in [0.15, 0.2) is 6.10 Å². The minimum absolute atomic E-state index is 0.106. The first kappa shape index (κ1) is 15.6. The van der Waals surface area contributed by atoms with Gasteiger partial charge in [-0.2, -0.15) is 5.10 Å². The second kappa shape index (κ2) is 6.51. The number of nitrogens with zero attached hydrogens (tertiary/aromatic N) is 2. The number of hydrogen-bond acceptors (Lipinski definition) is 4. The number of carbonyl (C=O) groups is 1. The van der Waals surface area contributed by atoms with Crippen LogP contribution in [0.2, 0.25) is 0 Å². The number of amides is 1. The van der Waals surface area contributed by atoms with Crippen molar-refractivity contribution < 1.29 is 9.53 Å². The van der Waals surface area contributed by atoms with Crippen molar-refractivity contribution in [2.75, 3.05) is 18.8 Å². The largest absolute Gasteiger partial charge is 0.479 e. The van der Waals surface area contributed by atoms with Crippen LogP contribution in [0.15, 0.2) is 35.2 Å². The van der Waals surface area contributed by atoms with E-state index >= 15 is 0 Å². The number of hydrogen-bond donors (Lipinski definition) is 1. The zero-order chi connectivity index (χ0) is 16.5. The normalized spacial score (nSPS) is 23.5. The molecule has 0 saturated carbocycles. The maximum Gasteiger partial charge on any atom is 0.264 e. The molecule has 0 unspecified atom stereocenters. The van der Waals surface area contributed by atoms with Crippen LogP contribution in [0.1, 0.15) is 30.1 Å². The molecule has 3 heterocycles. The molecule has 0 radical (unpaired) electrons. The Labute approximate surface area is 145 Å².